The van der Waals surface area contributed by atoms with Crippen LogP contribution < -0.4 is 10.0 Å². The zero-order valence-electron chi connectivity index (χ0n) is 12.0. The van der Waals surface area contributed by atoms with E-state index in [1.165, 1.54) is 4.31 Å². The standard InChI is InChI=1S/C13H23N3O2S/c1-5-14-10-12-6-8-13(9-7-12)15-19(17,18)16(4)11(2)3/h6-9,11,14-15H,5,10H2,1-4H3. The predicted molar refractivity (Wildman–Crippen MR) is 79.3 cm³/mol. The second-order valence-electron chi connectivity index (χ2n) is 4.69. The van der Waals surface area contributed by atoms with Gasteiger partial charge in [0.25, 0.3) is 0 Å². The van der Waals surface area contributed by atoms with Gasteiger partial charge in [0, 0.05) is 25.3 Å². The number of hydrogen-bond donors (Lipinski definition) is 2. The van der Waals surface area contributed by atoms with Crippen LogP contribution in [0.4, 0.5) is 5.69 Å². The Morgan fingerprint density at radius 3 is 2.26 bits per heavy atom. The fraction of sp³-hybridized carbons (Fsp3) is 0.538. The first kappa shape index (κ1) is 15.9. The SMILES string of the molecule is CCNCc1ccc(NS(=O)(=O)N(C)C(C)C)cc1. The molecule has 0 atom stereocenters. The highest BCUT2D eigenvalue weighted by Crippen LogP contribution is 2.13. The average molecular weight is 285 g/mol. The van der Waals surface area contributed by atoms with Crippen LogP contribution in [0, 0.1) is 0 Å². The van der Waals surface area contributed by atoms with Gasteiger partial charge in [-0.1, -0.05) is 19.1 Å². The van der Waals surface area contributed by atoms with Crippen LogP contribution in [-0.2, 0) is 16.8 Å². The first-order chi connectivity index (χ1) is 8.86. The van der Waals surface area contributed by atoms with Crippen molar-refractivity contribution in [3.8, 4) is 0 Å². The van der Waals surface area contributed by atoms with Crippen LogP contribution in [0.2, 0.25) is 0 Å². The van der Waals surface area contributed by atoms with Crippen molar-refractivity contribution in [1.82, 2.24) is 9.62 Å². The average Bonchev–Trinajstić information content (AvgIpc) is 2.36. The molecule has 108 valence electrons. The van der Waals surface area contributed by atoms with E-state index in [9.17, 15) is 8.42 Å². The fourth-order valence-corrected chi connectivity index (χ4v) is 2.59. The van der Waals surface area contributed by atoms with E-state index in [-0.39, 0.29) is 6.04 Å². The molecule has 0 spiro atoms. The van der Waals surface area contributed by atoms with Gasteiger partial charge in [-0.15, -0.1) is 0 Å². The van der Waals surface area contributed by atoms with Crippen LogP contribution in [0.1, 0.15) is 26.3 Å². The quantitative estimate of drug-likeness (QED) is 0.803. The maximum atomic E-state index is 12.0. The van der Waals surface area contributed by atoms with Crippen molar-refractivity contribution in [1.29, 1.82) is 0 Å². The molecule has 1 aromatic carbocycles. The van der Waals surface area contributed by atoms with Gasteiger partial charge in [0.05, 0.1) is 0 Å². The Morgan fingerprint density at radius 1 is 1.21 bits per heavy atom. The summed E-state index contributed by atoms with van der Waals surface area (Å²) in [7, 11) is -1.91. The molecule has 0 saturated carbocycles. The summed E-state index contributed by atoms with van der Waals surface area (Å²) in [6.07, 6.45) is 0. The Morgan fingerprint density at radius 2 is 1.79 bits per heavy atom. The Bertz CT molecular complexity index is 483. The van der Waals surface area contributed by atoms with E-state index in [0.717, 1.165) is 18.7 Å². The molecule has 0 aliphatic heterocycles. The molecule has 0 unspecified atom stereocenters. The fourth-order valence-electron chi connectivity index (χ4n) is 1.46. The molecule has 0 saturated heterocycles. The summed E-state index contributed by atoms with van der Waals surface area (Å²) >= 11 is 0. The Kier molecular flexibility index (Phi) is 5.78. The van der Waals surface area contributed by atoms with E-state index >= 15 is 0 Å². The van der Waals surface area contributed by atoms with Gasteiger partial charge in [0.2, 0.25) is 0 Å². The van der Waals surface area contributed by atoms with E-state index in [2.05, 4.69) is 10.0 Å². The molecule has 0 amide bonds. The van der Waals surface area contributed by atoms with Gasteiger partial charge in [-0.2, -0.15) is 12.7 Å². The minimum Gasteiger partial charge on any atom is -0.313 e. The Balaban J connectivity index is 2.72. The van der Waals surface area contributed by atoms with E-state index in [1.807, 2.05) is 32.9 Å². The number of anilines is 1. The second kappa shape index (κ2) is 6.88. The number of benzene rings is 1. The maximum absolute atomic E-state index is 12.0. The van der Waals surface area contributed by atoms with Gasteiger partial charge in [0.1, 0.15) is 0 Å². The normalized spacial score (nSPS) is 12.1. The van der Waals surface area contributed by atoms with Crippen molar-refractivity contribution in [3.63, 3.8) is 0 Å². The lowest BCUT2D eigenvalue weighted by Gasteiger charge is -2.21. The van der Waals surface area contributed by atoms with E-state index in [0.29, 0.717) is 5.69 Å². The summed E-state index contributed by atoms with van der Waals surface area (Å²) in [6, 6.07) is 7.30. The van der Waals surface area contributed by atoms with E-state index in [1.54, 1.807) is 19.2 Å². The van der Waals surface area contributed by atoms with Crippen LogP contribution in [0.25, 0.3) is 0 Å². The topological polar surface area (TPSA) is 61.4 Å². The Hall–Kier alpha value is -1.11. The zero-order valence-corrected chi connectivity index (χ0v) is 12.8. The molecule has 0 heterocycles. The van der Waals surface area contributed by atoms with Crippen molar-refractivity contribution in [2.24, 2.45) is 0 Å². The van der Waals surface area contributed by atoms with E-state index in [4.69, 9.17) is 0 Å². The molecule has 0 aromatic heterocycles. The number of hydrogen-bond acceptors (Lipinski definition) is 3. The molecular formula is C13H23N3O2S. The molecule has 0 radical (unpaired) electrons. The number of nitrogens with zero attached hydrogens (tertiary/aromatic N) is 1. The van der Waals surface area contributed by atoms with Gasteiger partial charge in [-0.3, -0.25) is 4.72 Å². The summed E-state index contributed by atoms with van der Waals surface area (Å²) in [5.74, 6) is 0. The highest BCUT2D eigenvalue weighted by atomic mass is 32.2. The molecule has 1 aromatic rings. The smallest absolute Gasteiger partial charge is 0.301 e. The maximum Gasteiger partial charge on any atom is 0.301 e. The third-order valence-electron chi connectivity index (χ3n) is 2.89. The molecule has 2 N–H and O–H groups in total. The van der Waals surface area contributed by atoms with Gasteiger partial charge < -0.3 is 5.32 Å². The van der Waals surface area contributed by atoms with Crippen molar-refractivity contribution >= 4 is 15.9 Å². The molecular weight excluding hydrogens is 262 g/mol. The molecule has 1 rings (SSSR count). The lowest BCUT2D eigenvalue weighted by molar-refractivity contribution is 0.414. The highest BCUT2D eigenvalue weighted by molar-refractivity contribution is 7.90. The van der Waals surface area contributed by atoms with Crippen molar-refractivity contribution in [2.75, 3.05) is 18.3 Å². The van der Waals surface area contributed by atoms with Crippen molar-refractivity contribution in [3.05, 3.63) is 29.8 Å². The van der Waals surface area contributed by atoms with Crippen LogP contribution in [-0.4, -0.2) is 32.4 Å². The molecule has 0 bridgehead atoms. The number of rotatable bonds is 7. The van der Waals surface area contributed by atoms with Gasteiger partial charge >= 0.3 is 10.2 Å². The van der Waals surface area contributed by atoms with Crippen LogP contribution >= 0.6 is 0 Å². The summed E-state index contributed by atoms with van der Waals surface area (Å²) in [5, 5.41) is 3.22. The minimum absolute atomic E-state index is 0.0782. The predicted octanol–water partition coefficient (Wildman–Crippen LogP) is 1.79. The lowest BCUT2D eigenvalue weighted by atomic mass is 10.2. The van der Waals surface area contributed by atoms with Crippen molar-refractivity contribution < 1.29 is 8.42 Å². The molecule has 5 nitrogen and oxygen atoms in total. The molecule has 0 aliphatic rings. The molecule has 0 aliphatic carbocycles. The van der Waals surface area contributed by atoms with Gasteiger partial charge in [-0.25, -0.2) is 0 Å². The molecule has 6 heteroatoms. The van der Waals surface area contributed by atoms with Crippen LogP contribution in [0.5, 0.6) is 0 Å². The minimum atomic E-state index is -3.47. The van der Waals surface area contributed by atoms with Crippen LogP contribution in [0.15, 0.2) is 24.3 Å². The second-order valence-corrected chi connectivity index (χ2v) is 6.42. The van der Waals surface area contributed by atoms with Gasteiger partial charge in [-0.05, 0) is 38.1 Å². The lowest BCUT2D eigenvalue weighted by Crippen LogP contribution is -2.37. The first-order valence-corrected chi connectivity index (χ1v) is 7.86. The largest absolute Gasteiger partial charge is 0.313 e. The van der Waals surface area contributed by atoms with Gasteiger partial charge in [0.15, 0.2) is 0 Å². The third-order valence-corrected chi connectivity index (χ3v) is 4.56. The third kappa shape index (κ3) is 4.81. The number of nitrogens with one attached hydrogen (secondary N) is 2. The molecule has 0 fully saturated rings. The van der Waals surface area contributed by atoms with E-state index < -0.39 is 10.2 Å². The summed E-state index contributed by atoms with van der Waals surface area (Å²) in [5.41, 5.74) is 1.70. The summed E-state index contributed by atoms with van der Waals surface area (Å²) in [6.45, 7) is 7.41. The first-order valence-electron chi connectivity index (χ1n) is 6.42. The summed E-state index contributed by atoms with van der Waals surface area (Å²) in [4.78, 5) is 0. The van der Waals surface area contributed by atoms with Crippen LogP contribution in [0.3, 0.4) is 0 Å². The van der Waals surface area contributed by atoms with Crippen molar-refractivity contribution in [2.45, 2.75) is 33.4 Å². The Labute approximate surface area is 116 Å². The zero-order chi connectivity index (χ0) is 14.5. The highest BCUT2D eigenvalue weighted by Gasteiger charge is 2.19. The monoisotopic (exact) mass is 285 g/mol. The summed E-state index contributed by atoms with van der Waals surface area (Å²) < 4.78 is 27.9. The molecule has 19 heavy (non-hydrogen) atoms.